The molecule has 0 heterocycles. The molecule has 0 atom stereocenters. The van der Waals surface area contributed by atoms with Crippen LogP contribution in [0.25, 0.3) is 0 Å². The summed E-state index contributed by atoms with van der Waals surface area (Å²) in [4.78, 5) is 11.9. The number of amides is 1. The molecule has 2 rings (SSSR count). The van der Waals surface area contributed by atoms with Crippen LogP contribution in [0.2, 0.25) is 5.02 Å². The molecule has 0 radical (unpaired) electrons. The van der Waals surface area contributed by atoms with E-state index in [0.29, 0.717) is 22.8 Å². The quantitative estimate of drug-likeness (QED) is 0.796. The number of alkyl halides is 3. The topological polar surface area (TPSA) is 29.1 Å². The van der Waals surface area contributed by atoms with Gasteiger partial charge in [-0.15, -0.1) is 0 Å². The molecular formula is C14H8ClF4NO. The second-order valence-electron chi connectivity index (χ2n) is 4.19. The molecule has 2 aromatic carbocycles. The van der Waals surface area contributed by atoms with Crippen LogP contribution in [0.15, 0.2) is 42.5 Å². The van der Waals surface area contributed by atoms with E-state index >= 15 is 0 Å². The van der Waals surface area contributed by atoms with Crippen LogP contribution in [0.3, 0.4) is 0 Å². The number of rotatable bonds is 2. The van der Waals surface area contributed by atoms with Gasteiger partial charge >= 0.3 is 6.18 Å². The van der Waals surface area contributed by atoms with Crippen molar-refractivity contribution in [2.24, 2.45) is 0 Å². The van der Waals surface area contributed by atoms with Crippen molar-refractivity contribution in [3.63, 3.8) is 0 Å². The summed E-state index contributed by atoms with van der Waals surface area (Å²) in [7, 11) is 0. The van der Waals surface area contributed by atoms with Crippen LogP contribution in [0.5, 0.6) is 0 Å². The summed E-state index contributed by atoms with van der Waals surface area (Å²) in [6.45, 7) is 0. The highest BCUT2D eigenvalue weighted by molar-refractivity contribution is 6.30. The van der Waals surface area contributed by atoms with E-state index in [1.807, 2.05) is 0 Å². The molecule has 110 valence electrons. The summed E-state index contributed by atoms with van der Waals surface area (Å²) in [6.07, 6.45) is -4.73. The van der Waals surface area contributed by atoms with Crippen molar-refractivity contribution in [1.29, 1.82) is 0 Å². The predicted molar refractivity (Wildman–Crippen MR) is 70.8 cm³/mol. The van der Waals surface area contributed by atoms with E-state index in [0.717, 1.165) is 6.07 Å². The third-order valence-electron chi connectivity index (χ3n) is 2.57. The van der Waals surface area contributed by atoms with Crippen molar-refractivity contribution in [3.05, 3.63) is 64.4 Å². The van der Waals surface area contributed by atoms with Crippen LogP contribution in [0.4, 0.5) is 23.2 Å². The number of hydrogen-bond acceptors (Lipinski definition) is 1. The van der Waals surface area contributed by atoms with Crippen molar-refractivity contribution in [2.45, 2.75) is 6.18 Å². The summed E-state index contributed by atoms with van der Waals surface area (Å²) in [5, 5.41) is 2.70. The highest BCUT2D eigenvalue weighted by Crippen LogP contribution is 2.30. The molecular weight excluding hydrogens is 310 g/mol. The normalized spacial score (nSPS) is 11.3. The van der Waals surface area contributed by atoms with Gasteiger partial charge in [0, 0.05) is 16.3 Å². The lowest BCUT2D eigenvalue weighted by Gasteiger charge is -2.10. The van der Waals surface area contributed by atoms with Crippen molar-refractivity contribution >= 4 is 23.2 Å². The third-order valence-corrected chi connectivity index (χ3v) is 2.80. The first-order valence-corrected chi connectivity index (χ1v) is 6.08. The van der Waals surface area contributed by atoms with Gasteiger partial charge in [-0.3, -0.25) is 4.79 Å². The van der Waals surface area contributed by atoms with Crippen molar-refractivity contribution in [3.8, 4) is 0 Å². The first kappa shape index (κ1) is 15.3. The van der Waals surface area contributed by atoms with E-state index in [1.165, 1.54) is 12.1 Å². The van der Waals surface area contributed by atoms with Crippen molar-refractivity contribution in [2.75, 3.05) is 5.32 Å². The summed E-state index contributed by atoms with van der Waals surface area (Å²) >= 11 is 5.72. The van der Waals surface area contributed by atoms with E-state index < -0.39 is 29.0 Å². The second-order valence-corrected chi connectivity index (χ2v) is 4.63. The molecule has 1 amide bonds. The first-order chi connectivity index (χ1) is 9.75. The summed E-state index contributed by atoms with van der Waals surface area (Å²) < 4.78 is 50.9. The van der Waals surface area contributed by atoms with Crippen LogP contribution in [-0.2, 0) is 6.18 Å². The van der Waals surface area contributed by atoms with Crippen molar-refractivity contribution in [1.82, 2.24) is 0 Å². The Labute approximate surface area is 122 Å². The maximum absolute atomic E-state index is 13.2. The van der Waals surface area contributed by atoms with Gasteiger partial charge in [-0.05, 0) is 36.4 Å². The zero-order valence-electron chi connectivity index (χ0n) is 10.3. The minimum Gasteiger partial charge on any atom is -0.322 e. The van der Waals surface area contributed by atoms with Crippen LogP contribution in [-0.4, -0.2) is 5.91 Å². The molecule has 0 aliphatic rings. The summed E-state index contributed by atoms with van der Waals surface area (Å²) in [6, 6.07) is 7.71. The fourth-order valence-electron chi connectivity index (χ4n) is 1.65. The molecule has 1 N–H and O–H groups in total. The fraction of sp³-hybridized carbons (Fsp3) is 0.0714. The van der Waals surface area contributed by atoms with Crippen LogP contribution in [0, 0.1) is 5.82 Å². The molecule has 0 aromatic heterocycles. The average Bonchev–Trinajstić information content (AvgIpc) is 2.37. The predicted octanol–water partition coefficient (Wildman–Crippen LogP) is 4.75. The van der Waals surface area contributed by atoms with Crippen LogP contribution >= 0.6 is 11.6 Å². The Bertz CT molecular complexity index is 685. The van der Waals surface area contributed by atoms with E-state index in [4.69, 9.17) is 11.6 Å². The highest BCUT2D eigenvalue weighted by atomic mass is 35.5. The molecule has 2 aromatic rings. The molecule has 0 unspecified atom stereocenters. The number of anilines is 1. The Morgan fingerprint density at radius 1 is 1.10 bits per heavy atom. The molecule has 7 heteroatoms. The number of hydrogen-bond donors (Lipinski definition) is 1. The van der Waals surface area contributed by atoms with E-state index in [2.05, 4.69) is 5.32 Å². The SMILES string of the molecule is O=C(Nc1cccc(Cl)c1)c1cc(F)cc(C(F)(F)F)c1. The maximum Gasteiger partial charge on any atom is 0.416 e. The second kappa shape index (κ2) is 5.73. The Hall–Kier alpha value is -2.08. The minimum absolute atomic E-state index is 0.297. The molecule has 0 aliphatic carbocycles. The molecule has 0 fully saturated rings. The Balaban J connectivity index is 2.29. The summed E-state index contributed by atoms with van der Waals surface area (Å²) in [5.41, 5.74) is -1.36. The fourth-order valence-corrected chi connectivity index (χ4v) is 1.84. The van der Waals surface area contributed by atoms with E-state index in [9.17, 15) is 22.4 Å². The van der Waals surface area contributed by atoms with Gasteiger partial charge in [-0.1, -0.05) is 17.7 Å². The molecule has 2 nitrogen and oxygen atoms in total. The Kier molecular flexibility index (Phi) is 4.18. The van der Waals surface area contributed by atoms with Gasteiger partial charge in [-0.2, -0.15) is 13.2 Å². The molecule has 21 heavy (non-hydrogen) atoms. The Morgan fingerprint density at radius 3 is 2.43 bits per heavy atom. The molecule has 0 saturated carbocycles. The number of halogens is 5. The van der Waals surface area contributed by atoms with Gasteiger partial charge in [-0.25, -0.2) is 4.39 Å². The van der Waals surface area contributed by atoms with Gasteiger partial charge in [0.1, 0.15) is 5.82 Å². The molecule has 0 aliphatic heterocycles. The smallest absolute Gasteiger partial charge is 0.322 e. The zero-order valence-corrected chi connectivity index (χ0v) is 11.1. The number of benzene rings is 2. The maximum atomic E-state index is 13.2. The van der Waals surface area contributed by atoms with Gasteiger partial charge in [0.05, 0.1) is 5.56 Å². The minimum atomic E-state index is -4.73. The highest BCUT2D eigenvalue weighted by Gasteiger charge is 2.32. The van der Waals surface area contributed by atoms with Gasteiger partial charge < -0.3 is 5.32 Å². The standard InChI is InChI=1S/C14H8ClF4NO/c15-10-2-1-3-12(7-10)20-13(21)8-4-9(14(17,18)19)6-11(16)5-8/h1-7H,(H,20,21). The lowest BCUT2D eigenvalue weighted by Crippen LogP contribution is -2.14. The lowest BCUT2D eigenvalue weighted by molar-refractivity contribution is -0.137. The van der Waals surface area contributed by atoms with E-state index in [-0.39, 0.29) is 0 Å². The third kappa shape index (κ3) is 3.95. The van der Waals surface area contributed by atoms with Crippen LogP contribution in [0.1, 0.15) is 15.9 Å². The van der Waals surface area contributed by atoms with Gasteiger partial charge in [0.15, 0.2) is 0 Å². The molecule has 0 saturated heterocycles. The van der Waals surface area contributed by atoms with E-state index in [1.54, 1.807) is 12.1 Å². The number of carbonyl (C=O) groups excluding carboxylic acids is 1. The number of nitrogens with one attached hydrogen (secondary N) is 1. The molecule has 0 spiro atoms. The first-order valence-electron chi connectivity index (χ1n) is 5.70. The average molecular weight is 318 g/mol. The monoisotopic (exact) mass is 317 g/mol. The molecule has 0 bridgehead atoms. The Morgan fingerprint density at radius 2 is 1.81 bits per heavy atom. The van der Waals surface area contributed by atoms with Gasteiger partial charge in [0.2, 0.25) is 0 Å². The zero-order chi connectivity index (χ0) is 15.6. The summed E-state index contributed by atoms with van der Waals surface area (Å²) in [5.74, 6) is -2.00. The van der Waals surface area contributed by atoms with Crippen molar-refractivity contribution < 1.29 is 22.4 Å². The number of carbonyl (C=O) groups is 1. The largest absolute Gasteiger partial charge is 0.416 e. The van der Waals surface area contributed by atoms with Crippen LogP contribution < -0.4 is 5.32 Å². The van der Waals surface area contributed by atoms with Gasteiger partial charge in [0.25, 0.3) is 5.91 Å². The lowest BCUT2D eigenvalue weighted by atomic mass is 10.1.